The summed E-state index contributed by atoms with van der Waals surface area (Å²) in [4.78, 5) is 24.6. The standard InChI is InChI=1S/C27H43N3O2/c1-3-4-5-6-7-8-9-10-14-20-26(31)30-29-22(2)24-18-15-19-25(21-24)28-27(32)23-16-12-11-13-17-23/h15,18-19,21,23H,3-14,16-17,20H2,1-2H3,(H,28,32)(H,30,31)/b29-22-. The van der Waals surface area contributed by atoms with E-state index in [4.69, 9.17) is 0 Å². The molecule has 0 radical (unpaired) electrons. The SMILES string of the molecule is CCCCCCCCCCCC(=O)N/N=C(/C)c1cccc(NC(=O)C2CCCCC2)c1. The summed E-state index contributed by atoms with van der Waals surface area (Å²) < 4.78 is 0. The molecule has 5 nitrogen and oxygen atoms in total. The summed E-state index contributed by atoms with van der Waals surface area (Å²) in [6.07, 6.45) is 17.2. The van der Waals surface area contributed by atoms with E-state index in [1.165, 1.54) is 51.4 Å². The molecule has 0 bridgehead atoms. The summed E-state index contributed by atoms with van der Waals surface area (Å²) in [5.74, 6) is 0.210. The Morgan fingerprint density at radius 1 is 0.938 bits per heavy atom. The highest BCUT2D eigenvalue weighted by Crippen LogP contribution is 2.25. The maximum atomic E-state index is 12.5. The number of benzene rings is 1. The van der Waals surface area contributed by atoms with E-state index in [2.05, 4.69) is 22.8 Å². The van der Waals surface area contributed by atoms with Crippen molar-refractivity contribution in [3.8, 4) is 0 Å². The lowest BCUT2D eigenvalue weighted by Gasteiger charge is -2.20. The molecule has 2 N–H and O–H groups in total. The molecule has 1 aliphatic rings. The van der Waals surface area contributed by atoms with Gasteiger partial charge in [0.1, 0.15) is 0 Å². The second kappa shape index (κ2) is 15.6. The van der Waals surface area contributed by atoms with Gasteiger partial charge in [-0.2, -0.15) is 5.10 Å². The van der Waals surface area contributed by atoms with Crippen LogP contribution < -0.4 is 10.7 Å². The first kappa shape index (κ1) is 26.1. The molecule has 2 amide bonds. The molecule has 0 heterocycles. The first-order chi connectivity index (χ1) is 15.6. The van der Waals surface area contributed by atoms with Crippen molar-refractivity contribution in [2.45, 2.75) is 110 Å². The van der Waals surface area contributed by atoms with Gasteiger partial charge in [0.2, 0.25) is 11.8 Å². The van der Waals surface area contributed by atoms with Crippen molar-refractivity contribution in [3.63, 3.8) is 0 Å². The van der Waals surface area contributed by atoms with E-state index < -0.39 is 0 Å². The topological polar surface area (TPSA) is 70.6 Å². The average Bonchev–Trinajstić information content (AvgIpc) is 2.82. The number of hydrazone groups is 1. The monoisotopic (exact) mass is 441 g/mol. The minimum atomic E-state index is -0.0333. The van der Waals surface area contributed by atoms with Crippen molar-refractivity contribution < 1.29 is 9.59 Å². The Morgan fingerprint density at radius 2 is 1.59 bits per heavy atom. The fourth-order valence-corrected chi connectivity index (χ4v) is 4.29. The Kier molecular flexibility index (Phi) is 12.7. The lowest BCUT2D eigenvalue weighted by atomic mass is 9.88. The molecular formula is C27H43N3O2. The smallest absolute Gasteiger partial charge is 0.240 e. The van der Waals surface area contributed by atoms with Crippen LogP contribution in [0.25, 0.3) is 0 Å². The molecule has 32 heavy (non-hydrogen) atoms. The summed E-state index contributed by atoms with van der Waals surface area (Å²) >= 11 is 0. The molecule has 1 aromatic rings. The van der Waals surface area contributed by atoms with Crippen molar-refractivity contribution in [2.24, 2.45) is 11.0 Å². The fraction of sp³-hybridized carbons (Fsp3) is 0.667. The molecular weight excluding hydrogens is 398 g/mol. The number of nitrogens with zero attached hydrogens (tertiary/aromatic N) is 1. The molecule has 1 saturated carbocycles. The molecule has 1 fully saturated rings. The lowest BCUT2D eigenvalue weighted by molar-refractivity contribution is -0.121. The van der Waals surface area contributed by atoms with Gasteiger partial charge in [0.15, 0.2) is 0 Å². The number of amides is 2. The first-order valence-corrected chi connectivity index (χ1v) is 12.8. The van der Waals surface area contributed by atoms with Crippen LogP contribution in [0.2, 0.25) is 0 Å². The number of anilines is 1. The van der Waals surface area contributed by atoms with Gasteiger partial charge >= 0.3 is 0 Å². The maximum Gasteiger partial charge on any atom is 0.240 e. The Morgan fingerprint density at radius 3 is 2.28 bits per heavy atom. The summed E-state index contributed by atoms with van der Waals surface area (Å²) in [5.41, 5.74) is 5.10. The maximum absolute atomic E-state index is 12.5. The molecule has 0 unspecified atom stereocenters. The van der Waals surface area contributed by atoms with Gasteiger partial charge in [-0.1, -0.05) is 89.7 Å². The van der Waals surface area contributed by atoms with Crippen LogP contribution in [0.3, 0.4) is 0 Å². The third kappa shape index (κ3) is 10.4. The molecule has 5 heteroatoms. The van der Waals surface area contributed by atoms with Gasteiger partial charge in [0.05, 0.1) is 5.71 Å². The Balaban J connectivity index is 1.68. The van der Waals surface area contributed by atoms with Crippen LogP contribution in [0.5, 0.6) is 0 Å². The fourth-order valence-electron chi connectivity index (χ4n) is 4.29. The molecule has 0 aliphatic heterocycles. The highest BCUT2D eigenvalue weighted by atomic mass is 16.2. The van der Waals surface area contributed by atoms with E-state index in [0.717, 1.165) is 55.5 Å². The van der Waals surface area contributed by atoms with Gasteiger partial charge in [-0.15, -0.1) is 0 Å². The first-order valence-electron chi connectivity index (χ1n) is 12.8. The van der Waals surface area contributed by atoms with E-state index in [0.29, 0.717) is 6.42 Å². The summed E-state index contributed by atoms with van der Waals surface area (Å²) in [5, 5.41) is 7.31. The number of hydrogen-bond acceptors (Lipinski definition) is 3. The van der Waals surface area contributed by atoms with E-state index in [1.807, 2.05) is 31.2 Å². The second-order valence-corrected chi connectivity index (χ2v) is 9.22. The Hall–Kier alpha value is -2.17. The molecule has 178 valence electrons. The largest absolute Gasteiger partial charge is 0.326 e. The highest BCUT2D eigenvalue weighted by molar-refractivity contribution is 6.01. The minimum Gasteiger partial charge on any atom is -0.326 e. The molecule has 0 atom stereocenters. The average molecular weight is 442 g/mol. The van der Waals surface area contributed by atoms with Crippen molar-refractivity contribution in [1.82, 2.24) is 5.43 Å². The van der Waals surface area contributed by atoms with Crippen LogP contribution in [0, 0.1) is 5.92 Å². The van der Waals surface area contributed by atoms with Crippen LogP contribution in [0.4, 0.5) is 5.69 Å². The van der Waals surface area contributed by atoms with Crippen molar-refractivity contribution in [2.75, 3.05) is 5.32 Å². The van der Waals surface area contributed by atoms with E-state index in [1.54, 1.807) is 0 Å². The Labute approximate surface area is 194 Å². The van der Waals surface area contributed by atoms with Gasteiger partial charge in [0.25, 0.3) is 0 Å². The van der Waals surface area contributed by atoms with Crippen LogP contribution >= 0.6 is 0 Å². The minimum absolute atomic E-state index is 0.0333. The van der Waals surface area contributed by atoms with Crippen LogP contribution in [0.1, 0.15) is 116 Å². The van der Waals surface area contributed by atoms with Gasteiger partial charge in [-0.25, -0.2) is 5.43 Å². The molecule has 1 aliphatic carbocycles. The van der Waals surface area contributed by atoms with Gasteiger partial charge in [-0.3, -0.25) is 9.59 Å². The summed E-state index contributed by atoms with van der Waals surface area (Å²) in [7, 11) is 0. The number of carbonyl (C=O) groups excluding carboxylic acids is 2. The highest BCUT2D eigenvalue weighted by Gasteiger charge is 2.21. The van der Waals surface area contributed by atoms with Crippen molar-refractivity contribution in [3.05, 3.63) is 29.8 Å². The number of carbonyl (C=O) groups is 2. The third-order valence-electron chi connectivity index (χ3n) is 6.38. The zero-order valence-electron chi connectivity index (χ0n) is 20.3. The van der Waals surface area contributed by atoms with Gasteiger partial charge in [0, 0.05) is 18.0 Å². The third-order valence-corrected chi connectivity index (χ3v) is 6.38. The van der Waals surface area contributed by atoms with Gasteiger partial charge in [-0.05, 0) is 43.9 Å². The lowest BCUT2D eigenvalue weighted by Crippen LogP contribution is -2.24. The molecule has 1 aromatic carbocycles. The van der Waals surface area contributed by atoms with Crippen LogP contribution in [-0.4, -0.2) is 17.5 Å². The van der Waals surface area contributed by atoms with Crippen LogP contribution in [-0.2, 0) is 9.59 Å². The number of unbranched alkanes of at least 4 members (excludes halogenated alkanes) is 8. The Bertz CT molecular complexity index is 723. The van der Waals surface area contributed by atoms with E-state index >= 15 is 0 Å². The van der Waals surface area contributed by atoms with Crippen molar-refractivity contribution >= 4 is 23.2 Å². The van der Waals surface area contributed by atoms with Crippen molar-refractivity contribution in [1.29, 1.82) is 0 Å². The summed E-state index contributed by atoms with van der Waals surface area (Å²) in [6.45, 7) is 4.12. The van der Waals surface area contributed by atoms with E-state index in [-0.39, 0.29) is 17.7 Å². The second-order valence-electron chi connectivity index (χ2n) is 9.22. The number of nitrogens with one attached hydrogen (secondary N) is 2. The number of rotatable bonds is 14. The quantitative estimate of drug-likeness (QED) is 0.186. The normalized spacial score (nSPS) is 14.9. The zero-order chi connectivity index (χ0) is 23.0. The van der Waals surface area contributed by atoms with E-state index in [9.17, 15) is 9.59 Å². The molecule has 0 spiro atoms. The summed E-state index contributed by atoms with van der Waals surface area (Å²) in [6, 6.07) is 7.68. The molecule has 0 aromatic heterocycles. The number of hydrogen-bond donors (Lipinski definition) is 2. The molecule has 0 saturated heterocycles. The van der Waals surface area contributed by atoms with Gasteiger partial charge < -0.3 is 5.32 Å². The zero-order valence-corrected chi connectivity index (χ0v) is 20.3. The predicted molar refractivity (Wildman–Crippen MR) is 134 cm³/mol. The molecule has 2 rings (SSSR count). The predicted octanol–water partition coefficient (Wildman–Crippen LogP) is 6.97. The van der Waals surface area contributed by atoms with Crippen LogP contribution in [0.15, 0.2) is 29.4 Å².